The summed E-state index contributed by atoms with van der Waals surface area (Å²) in [6.45, 7) is 3.97. The fraction of sp³-hybridized carbons (Fsp3) is 0.458. The zero-order valence-corrected chi connectivity index (χ0v) is 19.7. The molecule has 3 rings (SSSR count). The maximum atomic E-state index is 13.1. The van der Waals surface area contributed by atoms with Gasteiger partial charge in [0.15, 0.2) is 5.78 Å². The minimum atomic E-state index is -0.813. The average molecular weight is 472 g/mol. The Morgan fingerprint density at radius 2 is 2.00 bits per heavy atom. The monoisotopic (exact) mass is 471 g/mol. The fourth-order valence-corrected chi connectivity index (χ4v) is 4.53. The van der Waals surface area contributed by atoms with Gasteiger partial charge in [0.25, 0.3) is 5.91 Å². The zero-order chi connectivity index (χ0) is 23.8. The minimum Gasteiger partial charge on any atom is -0.445 e. The molecule has 9 heteroatoms. The predicted molar refractivity (Wildman–Crippen MR) is 123 cm³/mol. The van der Waals surface area contributed by atoms with Crippen molar-refractivity contribution < 1.29 is 23.9 Å². The number of rotatable bonds is 7. The first-order chi connectivity index (χ1) is 15.8. The Balaban J connectivity index is 1.61. The van der Waals surface area contributed by atoms with E-state index in [0.29, 0.717) is 12.8 Å². The van der Waals surface area contributed by atoms with E-state index >= 15 is 0 Å². The van der Waals surface area contributed by atoms with Gasteiger partial charge in [0.1, 0.15) is 6.61 Å². The van der Waals surface area contributed by atoms with Crippen molar-refractivity contribution in [2.45, 2.75) is 58.7 Å². The van der Waals surface area contributed by atoms with Crippen LogP contribution in [0.3, 0.4) is 0 Å². The van der Waals surface area contributed by atoms with Crippen molar-refractivity contribution in [1.82, 2.24) is 15.0 Å². The van der Waals surface area contributed by atoms with E-state index in [1.165, 1.54) is 11.5 Å². The second-order valence-corrected chi connectivity index (χ2v) is 9.39. The third kappa shape index (κ3) is 6.95. The molecule has 1 aromatic carbocycles. The highest BCUT2D eigenvalue weighted by Crippen LogP contribution is 2.22. The lowest BCUT2D eigenvalue weighted by Crippen LogP contribution is -2.46. The maximum absolute atomic E-state index is 13.1. The summed E-state index contributed by atoms with van der Waals surface area (Å²) in [6, 6.07) is 8.42. The van der Waals surface area contributed by atoms with Crippen LogP contribution in [0, 0.1) is 11.8 Å². The lowest BCUT2D eigenvalue weighted by molar-refractivity contribution is -0.141. The number of nitrogens with one attached hydrogen (secondary N) is 2. The predicted octanol–water partition coefficient (Wildman–Crippen LogP) is 3.19. The van der Waals surface area contributed by atoms with Crippen LogP contribution in [0.4, 0.5) is 4.79 Å². The summed E-state index contributed by atoms with van der Waals surface area (Å²) in [5.74, 6) is -2.50. The minimum absolute atomic E-state index is 0.0897. The van der Waals surface area contributed by atoms with Gasteiger partial charge in [-0.1, -0.05) is 44.2 Å². The van der Waals surface area contributed by atoms with Crippen LogP contribution in [0.15, 0.2) is 36.5 Å². The van der Waals surface area contributed by atoms with E-state index in [1.807, 2.05) is 44.2 Å². The normalized spacial score (nSPS) is 17.6. The van der Waals surface area contributed by atoms with Gasteiger partial charge in [0.05, 0.1) is 12.6 Å². The van der Waals surface area contributed by atoms with Crippen LogP contribution in [0.25, 0.3) is 0 Å². The van der Waals surface area contributed by atoms with Gasteiger partial charge < -0.3 is 15.4 Å². The van der Waals surface area contributed by atoms with Crippen molar-refractivity contribution in [1.29, 1.82) is 0 Å². The number of carbonyl (C=O) groups excluding carboxylic acids is 4. The summed E-state index contributed by atoms with van der Waals surface area (Å²) >= 11 is 1.31. The summed E-state index contributed by atoms with van der Waals surface area (Å²) in [4.78, 5) is 51.4. The molecule has 33 heavy (non-hydrogen) atoms. The lowest BCUT2D eigenvalue weighted by Gasteiger charge is -2.23. The third-order valence-electron chi connectivity index (χ3n) is 5.68. The second-order valence-electron chi connectivity index (χ2n) is 8.51. The number of amides is 2. The largest absolute Gasteiger partial charge is 0.445 e. The van der Waals surface area contributed by atoms with Crippen LogP contribution in [-0.2, 0) is 38.7 Å². The molecule has 0 saturated heterocycles. The Morgan fingerprint density at radius 3 is 2.73 bits per heavy atom. The van der Waals surface area contributed by atoms with Crippen molar-refractivity contribution in [3.8, 4) is 0 Å². The highest BCUT2D eigenvalue weighted by molar-refractivity contribution is 7.05. The Hall–Kier alpha value is -3.07. The highest BCUT2D eigenvalue weighted by Gasteiger charge is 2.32. The molecule has 8 nitrogen and oxygen atoms in total. The molecule has 2 amide bonds. The van der Waals surface area contributed by atoms with Crippen LogP contribution in [0.2, 0.25) is 0 Å². The number of hydrogen-bond acceptors (Lipinski definition) is 7. The summed E-state index contributed by atoms with van der Waals surface area (Å²) in [6.07, 6.45) is 2.80. The maximum Gasteiger partial charge on any atom is 0.408 e. The van der Waals surface area contributed by atoms with Gasteiger partial charge in [-0.25, -0.2) is 9.17 Å². The Morgan fingerprint density at radius 1 is 1.24 bits per heavy atom. The number of aryl methyl sites for hydroxylation is 1. The van der Waals surface area contributed by atoms with Gasteiger partial charge in [-0.05, 0) is 47.8 Å². The Labute approximate surface area is 197 Å². The van der Waals surface area contributed by atoms with Gasteiger partial charge in [-0.15, -0.1) is 0 Å². The van der Waals surface area contributed by atoms with Crippen molar-refractivity contribution in [2.75, 3.05) is 0 Å². The molecule has 1 aliphatic rings. The van der Waals surface area contributed by atoms with Gasteiger partial charge in [-0.2, -0.15) is 0 Å². The fourth-order valence-electron chi connectivity index (χ4n) is 3.81. The van der Waals surface area contributed by atoms with Crippen LogP contribution < -0.4 is 10.6 Å². The molecule has 0 spiro atoms. The van der Waals surface area contributed by atoms with Crippen LogP contribution >= 0.6 is 11.5 Å². The Kier molecular flexibility index (Phi) is 8.71. The van der Waals surface area contributed by atoms with E-state index in [1.54, 1.807) is 6.20 Å². The molecule has 0 saturated carbocycles. The van der Waals surface area contributed by atoms with E-state index in [-0.39, 0.29) is 31.3 Å². The number of nitrogens with zero attached hydrogens (tertiary/aromatic N) is 1. The van der Waals surface area contributed by atoms with E-state index < -0.39 is 29.7 Å². The Bertz CT molecular complexity index is 989. The van der Waals surface area contributed by atoms with Crippen LogP contribution in [-0.4, -0.2) is 34.0 Å². The molecule has 0 fully saturated rings. The van der Waals surface area contributed by atoms with Gasteiger partial charge in [0, 0.05) is 23.4 Å². The van der Waals surface area contributed by atoms with E-state index in [0.717, 1.165) is 22.4 Å². The summed E-state index contributed by atoms with van der Waals surface area (Å²) in [7, 11) is 0. The van der Waals surface area contributed by atoms with Gasteiger partial charge in [-0.3, -0.25) is 14.4 Å². The molecular formula is C24H29N3O5S. The first kappa shape index (κ1) is 24.6. The standard InChI is InChI=1S/C24H29N3O5S/c1-15(2)21(27-24(31)32-14-16-7-4-3-5-8-16)19(28)11-17-9-6-10-18-12-26-33-20(18)13-25-23(30)22(17)29/h3-5,7-8,12,15,17,21H,6,9-11,13-14H2,1-2H3,(H,25,30)(H,27,31). The number of carbonyl (C=O) groups is 4. The molecule has 2 aromatic rings. The van der Waals surface area contributed by atoms with Crippen molar-refractivity contribution in [3.63, 3.8) is 0 Å². The van der Waals surface area contributed by atoms with E-state index in [9.17, 15) is 19.2 Å². The first-order valence-electron chi connectivity index (χ1n) is 11.1. The lowest BCUT2D eigenvalue weighted by atomic mass is 9.86. The summed E-state index contributed by atoms with van der Waals surface area (Å²) in [5.41, 5.74) is 1.89. The quantitative estimate of drug-likeness (QED) is 0.600. The molecule has 1 aliphatic heterocycles. The molecule has 2 heterocycles. The van der Waals surface area contributed by atoms with Crippen LogP contribution in [0.5, 0.6) is 0 Å². The molecule has 0 aliphatic carbocycles. The number of Topliss-reactive ketones (excluding diaryl/α,β-unsaturated/α-hetero) is 2. The number of alkyl carbamates (subject to hydrolysis) is 1. The van der Waals surface area contributed by atoms with Crippen molar-refractivity contribution in [3.05, 3.63) is 52.5 Å². The van der Waals surface area contributed by atoms with Gasteiger partial charge in [0.2, 0.25) is 5.78 Å². The number of aromatic nitrogens is 1. The summed E-state index contributed by atoms with van der Waals surface area (Å²) in [5, 5.41) is 5.28. The highest BCUT2D eigenvalue weighted by atomic mass is 32.1. The number of fused-ring (bicyclic) bond motifs is 1. The molecular weight excluding hydrogens is 442 g/mol. The van der Waals surface area contributed by atoms with Crippen molar-refractivity contribution >= 4 is 35.1 Å². The van der Waals surface area contributed by atoms with E-state index in [4.69, 9.17) is 4.74 Å². The molecule has 2 unspecified atom stereocenters. The molecule has 2 atom stereocenters. The smallest absolute Gasteiger partial charge is 0.408 e. The molecule has 0 radical (unpaired) electrons. The molecule has 0 bridgehead atoms. The average Bonchev–Trinajstić information content (AvgIpc) is 3.25. The number of ether oxygens (including phenoxy) is 1. The zero-order valence-electron chi connectivity index (χ0n) is 18.8. The number of ketones is 2. The third-order valence-corrected chi connectivity index (χ3v) is 6.52. The molecule has 2 N–H and O–H groups in total. The second kappa shape index (κ2) is 11.7. The first-order valence-corrected chi connectivity index (χ1v) is 11.9. The molecule has 1 aromatic heterocycles. The van der Waals surface area contributed by atoms with E-state index in [2.05, 4.69) is 15.0 Å². The topological polar surface area (TPSA) is 114 Å². The molecule has 176 valence electrons. The SMILES string of the molecule is CC(C)C(NC(=O)OCc1ccccc1)C(=O)CC1CCCc2cnsc2CNC(=O)C1=O. The van der Waals surface area contributed by atoms with Crippen LogP contribution in [0.1, 0.15) is 49.1 Å². The summed E-state index contributed by atoms with van der Waals surface area (Å²) < 4.78 is 9.41. The van der Waals surface area contributed by atoms with Gasteiger partial charge >= 0.3 is 6.09 Å². The number of benzene rings is 1. The van der Waals surface area contributed by atoms with Crippen molar-refractivity contribution in [2.24, 2.45) is 11.8 Å². The number of hydrogen-bond donors (Lipinski definition) is 2.